The molecule has 0 unspecified atom stereocenters. The molecular weight excluding hydrogens is 336 g/mol. The number of hydrogen-bond donors (Lipinski definition) is 1. The Bertz CT molecular complexity index is 859. The summed E-state index contributed by atoms with van der Waals surface area (Å²) in [6.07, 6.45) is 2.64. The molecule has 134 valence electrons. The first-order valence-electron chi connectivity index (χ1n) is 8.08. The maximum Gasteiger partial charge on any atom is 0.310 e. The fourth-order valence-corrected chi connectivity index (χ4v) is 2.88. The van der Waals surface area contributed by atoms with E-state index in [1.165, 1.54) is 23.4 Å². The number of imide groups is 1. The van der Waals surface area contributed by atoms with Crippen molar-refractivity contribution in [3.05, 3.63) is 64.0 Å². The average molecular weight is 354 g/mol. The second-order valence-corrected chi connectivity index (χ2v) is 6.91. The molecule has 26 heavy (non-hydrogen) atoms. The van der Waals surface area contributed by atoms with E-state index in [-0.39, 0.29) is 24.0 Å². The van der Waals surface area contributed by atoms with E-state index < -0.39 is 10.3 Å². The second-order valence-electron chi connectivity index (χ2n) is 6.91. The first-order chi connectivity index (χ1) is 12.3. The maximum atomic E-state index is 12.5. The molecular formula is C18H18N4O4. The number of nitrogens with zero attached hydrogens (tertiary/aromatic N) is 3. The van der Waals surface area contributed by atoms with E-state index in [4.69, 9.17) is 0 Å². The molecule has 0 saturated heterocycles. The zero-order valence-corrected chi connectivity index (χ0v) is 14.4. The van der Waals surface area contributed by atoms with Gasteiger partial charge < -0.3 is 5.32 Å². The molecule has 3 rings (SSSR count). The van der Waals surface area contributed by atoms with Gasteiger partial charge in [-0.25, -0.2) is 0 Å². The van der Waals surface area contributed by atoms with Crippen molar-refractivity contribution >= 4 is 23.2 Å². The number of rotatable bonds is 6. The van der Waals surface area contributed by atoms with Crippen LogP contribution in [0.2, 0.25) is 0 Å². The van der Waals surface area contributed by atoms with E-state index in [9.17, 15) is 19.7 Å². The molecule has 0 spiro atoms. The zero-order chi connectivity index (χ0) is 18.9. The number of carbonyl (C=O) groups excluding carboxylic acids is 2. The van der Waals surface area contributed by atoms with Crippen LogP contribution in [0, 0.1) is 15.5 Å². The van der Waals surface area contributed by atoms with E-state index in [1.54, 1.807) is 24.3 Å². The minimum absolute atomic E-state index is 0.121. The van der Waals surface area contributed by atoms with Gasteiger partial charge in [-0.1, -0.05) is 26.0 Å². The molecule has 0 radical (unpaired) electrons. The average Bonchev–Trinajstić information content (AvgIpc) is 2.85. The highest BCUT2D eigenvalue weighted by Crippen LogP contribution is 2.28. The van der Waals surface area contributed by atoms with Crippen molar-refractivity contribution < 1.29 is 14.5 Å². The molecule has 0 atom stereocenters. The molecule has 1 aliphatic rings. The number of aromatic nitrogens is 1. The van der Waals surface area contributed by atoms with Gasteiger partial charge in [0.05, 0.1) is 16.1 Å². The lowest BCUT2D eigenvalue weighted by atomic mass is 9.92. The lowest BCUT2D eigenvalue weighted by molar-refractivity contribution is -0.384. The number of hydrogen-bond acceptors (Lipinski definition) is 6. The SMILES string of the molecule is CC(C)(CNc1ccncc1[N+](=O)[O-])CN1C(=O)c2ccccc2C1=O. The van der Waals surface area contributed by atoms with Gasteiger partial charge in [0, 0.05) is 24.7 Å². The van der Waals surface area contributed by atoms with Crippen LogP contribution in [0.15, 0.2) is 42.7 Å². The first-order valence-corrected chi connectivity index (χ1v) is 8.08. The highest BCUT2D eigenvalue weighted by molar-refractivity contribution is 6.21. The molecule has 8 heteroatoms. The predicted octanol–water partition coefficient (Wildman–Crippen LogP) is 2.72. The molecule has 1 N–H and O–H groups in total. The zero-order valence-electron chi connectivity index (χ0n) is 14.4. The summed E-state index contributed by atoms with van der Waals surface area (Å²) < 4.78 is 0. The normalized spacial score (nSPS) is 13.7. The molecule has 0 fully saturated rings. The minimum Gasteiger partial charge on any atom is -0.379 e. The fourth-order valence-electron chi connectivity index (χ4n) is 2.88. The number of anilines is 1. The summed E-state index contributed by atoms with van der Waals surface area (Å²) in [5.41, 5.74) is 0.548. The van der Waals surface area contributed by atoms with Gasteiger partial charge in [0.1, 0.15) is 11.9 Å². The summed E-state index contributed by atoms with van der Waals surface area (Å²) in [7, 11) is 0. The monoisotopic (exact) mass is 354 g/mol. The largest absolute Gasteiger partial charge is 0.379 e. The van der Waals surface area contributed by atoms with Gasteiger partial charge in [0.25, 0.3) is 11.8 Å². The lowest BCUT2D eigenvalue weighted by Gasteiger charge is -2.29. The Morgan fingerprint density at radius 1 is 1.15 bits per heavy atom. The number of pyridine rings is 1. The highest BCUT2D eigenvalue weighted by atomic mass is 16.6. The summed E-state index contributed by atoms with van der Waals surface area (Å²) in [5.74, 6) is -0.623. The molecule has 2 aromatic rings. The van der Waals surface area contributed by atoms with Gasteiger partial charge >= 0.3 is 5.69 Å². The van der Waals surface area contributed by atoms with Crippen molar-refractivity contribution in [2.75, 3.05) is 18.4 Å². The summed E-state index contributed by atoms with van der Waals surface area (Å²) >= 11 is 0. The molecule has 1 aromatic carbocycles. The second kappa shape index (κ2) is 6.55. The van der Waals surface area contributed by atoms with Crippen LogP contribution in [-0.4, -0.2) is 39.7 Å². The van der Waals surface area contributed by atoms with Crippen LogP contribution >= 0.6 is 0 Å². The Kier molecular flexibility index (Phi) is 4.41. The van der Waals surface area contributed by atoms with Gasteiger partial charge in [-0.15, -0.1) is 0 Å². The molecule has 2 heterocycles. The van der Waals surface area contributed by atoms with Crippen molar-refractivity contribution in [1.29, 1.82) is 0 Å². The third kappa shape index (κ3) is 3.26. The van der Waals surface area contributed by atoms with E-state index in [0.717, 1.165) is 0 Å². The Morgan fingerprint density at radius 2 is 1.77 bits per heavy atom. The number of benzene rings is 1. The van der Waals surface area contributed by atoms with Crippen molar-refractivity contribution in [1.82, 2.24) is 9.88 Å². The third-order valence-electron chi connectivity index (χ3n) is 4.22. The molecule has 1 aliphatic heterocycles. The van der Waals surface area contributed by atoms with Crippen LogP contribution in [0.25, 0.3) is 0 Å². The lowest BCUT2D eigenvalue weighted by Crippen LogP contribution is -2.41. The van der Waals surface area contributed by atoms with Crippen LogP contribution in [0.3, 0.4) is 0 Å². The van der Waals surface area contributed by atoms with Crippen molar-refractivity contribution in [2.24, 2.45) is 5.41 Å². The number of nitro groups is 1. The smallest absolute Gasteiger partial charge is 0.310 e. The standard InChI is InChI=1S/C18H18N4O4/c1-18(2,10-20-14-7-8-19-9-15(14)22(25)26)11-21-16(23)12-5-3-4-6-13(12)17(21)24/h3-9H,10-11H2,1-2H3,(H,19,20). The Balaban J connectivity index is 1.72. The van der Waals surface area contributed by atoms with Gasteiger partial charge in [-0.3, -0.25) is 29.6 Å². The molecule has 2 amide bonds. The number of nitrogens with one attached hydrogen (secondary N) is 1. The predicted molar refractivity (Wildman–Crippen MR) is 95.0 cm³/mol. The van der Waals surface area contributed by atoms with E-state index in [1.807, 2.05) is 13.8 Å². The summed E-state index contributed by atoms with van der Waals surface area (Å²) in [5, 5.41) is 14.1. The molecule has 8 nitrogen and oxygen atoms in total. The van der Waals surface area contributed by atoms with Crippen LogP contribution in [0.4, 0.5) is 11.4 Å². The van der Waals surface area contributed by atoms with Crippen molar-refractivity contribution in [2.45, 2.75) is 13.8 Å². The molecule has 0 aliphatic carbocycles. The Labute approximate surface area is 150 Å². The summed E-state index contributed by atoms with van der Waals surface area (Å²) in [4.78, 5) is 40.5. The highest BCUT2D eigenvalue weighted by Gasteiger charge is 2.38. The fraction of sp³-hybridized carbons (Fsp3) is 0.278. The van der Waals surface area contributed by atoms with Crippen molar-refractivity contribution in [3.8, 4) is 0 Å². The molecule has 0 bridgehead atoms. The molecule has 1 aromatic heterocycles. The first kappa shape index (κ1) is 17.5. The number of fused-ring (bicyclic) bond motifs is 1. The van der Waals surface area contributed by atoms with Gasteiger partial charge in [0.2, 0.25) is 0 Å². The summed E-state index contributed by atoms with van der Waals surface area (Å²) in [6, 6.07) is 8.25. The van der Waals surface area contributed by atoms with E-state index >= 15 is 0 Å². The Morgan fingerprint density at radius 3 is 2.35 bits per heavy atom. The van der Waals surface area contributed by atoms with Crippen LogP contribution in [0.1, 0.15) is 34.6 Å². The topological polar surface area (TPSA) is 105 Å². The maximum absolute atomic E-state index is 12.5. The van der Waals surface area contributed by atoms with Crippen LogP contribution in [0.5, 0.6) is 0 Å². The van der Waals surface area contributed by atoms with Crippen molar-refractivity contribution in [3.63, 3.8) is 0 Å². The van der Waals surface area contributed by atoms with E-state index in [0.29, 0.717) is 23.4 Å². The van der Waals surface area contributed by atoms with Gasteiger partial charge in [-0.2, -0.15) is 0 Å². The third-order valence-corrected chi connectivity index (χ3v) is 4.22. The van der Waals surface area contributed by atoms with Crippen LogP contribution in [-0.2, 0) is 0 Å². The van der Waals surface area contributed by atoms with Gasteiger partial charge in [0.15, 0.2) is 0 Å². The number of carbonyl (C=O) groups is 2. The van der Waals surface area contributed by atoms with E-state index in [2.05, 4.69) is 10.3 Å². The summed E-state index contributed by atoms with van der Waals surface area (Å²) in [6.45, 7) is 4.31. The number of amides is 2. The van der Waals surface area contributed by atoms with Crippen LogP contribution < -0.4 is 5.32 Å². The van der Waals surface area contributed by atoms with Gasteiger partial charge in [-0.05, 0) is 18.2 Å². The quantitative estimate of drug-likeness (QED) is 0.486. The molecule has 0 saturated carbocycles. The Hall–Kier alpha value is -3.29. The minimum atomic E-state index is -0.507.